The lowest BCUT2D eigenvalue weighted by Gasteiger charge is -2.03. The maximum Gasteiger partial charge on any atom is 0.0661 e. The molecule has 2 rings (SSSR count). The van der Waals surface area contributed by atoms with Gasteiger partial charge in [-0.15, -0.1) is 0 Å². The van der Waals surface area contributed by atoms with E-state index in [0.717, 1.165) is 11.4 Å². The third-order valence-electron chi connectivity index (χ3n) is 2.37. The summed E-state index contributed by atoms with van der Waals surface area (Å²) in [4.78, 5) is 0. The van der Waals surface area contributed by atoms with Gasteiger partial charge in [0.1, 0.15) is 0 Å². The molecule has 0 unspecified atom stereocenters. The first-order valence-electron chi connectivity index (χ1n) is 5.09. The Balaban J connectivity index is 2.39. The molecule has 0 bridgehead atoms. The van der Waals surface area contributed by atoms with Gasteiger partial charge in [-0.1, -0.05) is 37.0 Å². The van der Waals surface area contributed by atoms with Crippen LogP contribution in [-0.4, -0.2) is 9.78 Å². The Morgan fingerprint density at radius 2 is 1.88 bits per heavy atom. The molecule has 4 heteroatoms. The maximum absolute atomic E-state index is 5.96. The molecule has 0 radical (unpaired) electrons. The van der Waals surface area contributed by atoms with Crippen molar-refractivity contribution < 1.29 is 0 Å². The molecule has 0 spiro atoms. The van der Waals surface area contributed by atoms with Crippen LogP contribution in [0.4, 0.5) is 0 Å². The predicted octanol–water partition coefficient (Wildman–Crippen LogP) is 4.30. The number of aromatic nitrogens is 2. The van der Waals surface area contributed by atoms with E-state index < -0.39 is 0 Å². The van der Waals surface area contributed by atoms with E-state index in [9.17, 15) is 0 Å². The van der Waals surface area contributed by atoms with Gasteiger partial charge in [0.05, 0.1) is 21.4 Å². The summed E-state index contributed by atoms with van der Waals surface area (Å²) in [6, 6.07) is 7.48. The standard InChI is InChI=1S/C12H12Cl2N2/c1-8(2)12-5-6-16(15-12)9-3-4-10(13)11(14)7-9/h3-8H,1-2H3. The summed E-state index contributed by atoms with van der Waals surface area (Å²) in [6.07, 6.45) is 1.93. The van der Waals surface area contributed by atoms with Crippen molar-refractivity contribution in [1.29, 1.82) is 0 Å². The fraction of sp³-hybridized carbons (Fsp3) is 0.250. The molecule has 0 saturated heterocycles. The fourth-order valence-corrected chi connectivity index (χ4v) is 1.71. The van der Waals surface area contributed by atoms with Crippen molar-refractivity contribution in [2.45, 2.75) is 19.8 Å². The van der Waals surface area contributed by atoms with Gasteiger partial charge in [0.2, 0.25) is 0 Å². The molecular weight excluding hydrogens is 243 g/mol. The SMILES string of the molecule is CC(C)c1ccn(-c2ccc(Cl)c(Cl)c2)n1. The lowest BCUT2D eigenvalue weighted by Crippen LogP contribution is -1.97. The van der Waals surface area contributed by atoms with E-state index in [1.807, 2.05) is 18.3 Å². The van der Waals surface area contributed by atoms with Gasteiger partial charge in [0.15, 0.2) is 0 Å². The molecule has 16 heavy (non-hydrogen) atoms. The highest BCUT2D eigenvalue weighted by molar-refractivity contribution is 6.42. The van der Waals surface area contributed by atoms with Gasteiger partial charge in [-0.3, -0.25) is 0 Å². The van der Waals surface area contributed by atoms with Crippen molar-refractivity contribution in [2.75, 3.05) is 0 Å². The molecule has 2 nitrogen and oxygen atoms in total. The molecule has 1 aromatic heterocycles. The first-order chi connectivity index (χ1) is 7.58. The number of nitrogens with zero attached hydrogens (tertiary/aromatic N) is 2. The van der Waals surface area contributed by atoms with Crippen molar-refractivity contribution in [1.82, 2.24) is 9.78 Å². The first kappa shape index (κ1) is 11.5. The zero-order valence-corrected chi connectivity index (χ0v) is 10.6. The fourth-order valence-electron chi connectivity index (χ4n) is 1.42. The van der Waals surface area contributed by atoms with Crippen molar-refractivity contribution in [3.8, 4) is 5.69 Å². The summed E-state index contributed by atoms with van der Waals surface area (Å²) in [7, 11) is 0. The van der Waals surface area contributed by atoms with E-state index >= 15 is 0 Å². The Morgan fingerprint density at radius 3 is 2.44 bits per heavy atom. The minimum Gasteiger partial charge on any atom is -0.241 e. The van der Waals surface area contributed by atoms with Gasteiger partial charge < -0.3 is 0 Å². The van der Waals surface area contributed by atoms with Crippen LogP contribution in [0.25, 0.3) is 5.69 Å². The summed E-state index contributed by atoms with van der Waals surface area (Å²) in [5.41, 5.74) is 1.98. The highest BCUT2D eigenvalue weighted by atomic mass is 35.5. The lowest BCUT2D eigenvalue weighted by atomic mass is 10.1. The second-order valence-electron chi connectivity index (χ2n) is 3.94. The maximum atomic E-state index is 5.96. The Labute approximate surface area is 105 Å². The minimum absolute atomic E-state index is 0.420. The zero-order chi connectivity index (χ0) is 11.7. The zero-order valence-electron chi connectivity index (χ0n) is 9.11. The second kappa shape index (κ2) is 4.48. The van der Waals surface area contributed by atoms with Gasteiger partial charge >= 0.3 is 0 Å². The molecule has 84 valence electrons. The Hall–Kier alpha value is -0.990. The summed E-state index contributed by atoms with van der Waals surface area (Å²) in [5.74, 6) is 0.420. The van der Waals surface area contributed by atoms with Gasteiger partial charge in [-0.25, -0.2) is 4.68 Å². The topological polar surface area (TPSA) is 17.8 Å². The number of hydrogen-bond donors (Lipinski definition) is 0. The van der Waals surface area contributed by atoms with Crippen molar-refractivity contribution in [2.24, 2.45) is 0 Å². The third kappa shape index (κ3) is 2.23. The molecule has 0 aliphatic rings. The molecule has 0 atom stereocenters. The van der Waals surface area contributed by atoms with Crippen LogP contribution in [0.1, 0.15) is 25.5 Å². The van der Waals surface area contributed by atoms with E-state index in [2.05, 4.69) is 18.9 Å². The van der Waals surface area contributed by atoms with Crippen molar-refractivity contribution in [3.05, 3.63) is 46.2 Å². The molecule has 0 fully saturated rings. The Kier molecular flexibility index (Phi) is 3.22. The first-order valence-corrected chi connectivity index (χ1v) is 5.84. The quantitative estimate of drug-likeness (QED) is 0.782. The van der Waals surface area contributed by atoms with Crippen LogP contribution in [0.2, 0.25) is 10.0 Å². The molecule has 0 N–H and O–H groups in total. The largest absolute Gasteiger partial charge is 0.241 e. The summed E-state index contributed by atoms with van der Waals surface area (Å²) in [5, 5.41) is 5.57. The van der Waals surface area contributed by atoms with Crippen LogP contribution < -0.4 is 0 Å². The summed E-state index contributed by atoms with van der Waals surface area (Å²) >= 11 is 11.8. The van der Waals surface area contributed by atoms with Crippen LogP contribution in [-0.2, 0) is 0 Å². The van der Waals surface area contributed by atoms with Crippen LogP contribution >= 0.6 is 23.2 Å². The van der Waals surface area contributed by atoms with Crippen molar-refractivity contribution in [3.63, 3.8) is 0 Å². The molecule has 1 heterocycles. The number of halogens is 2. The second-order valence-corrected chi connectivity index (χ2v) is 4.75. The lowest BCUT2D eigenvalue weighted by molar-refractivity contribution is 0.768. The average molecular weight is 255 g/mol. The molecular formula is C12H12Cl2N2. The average Bonchev–Trinajstić information content (AvgIpc) is 2.71. The highest BCUT2D eigenvalue weighted by Crippen LogP contribution is 2.24. The molecule has 0 aliphatic heterocycles. The van der Waals surface area contributed by atoms with Gasteiger partial charge in [0, 0.05) is 6.20 Å². The summed E-state index contributed by atoms with van der Waals surface area (Å²) in [6.45, 7) is 4.23. The third-order valence-corrected chi connectivity index (χ3v) is 3.11. The van der Waals surface area contributed by atoms with E-state index in [4.69, 9.17) is 23.2 Å². The van der Waals surface area contributed by atoms with E-state index in [1.54, 1.807) is 16.8 Å². The molecule has 0 aliphatic carbocycles. The Morgan fingerprint density at radius 1 is 1.12 bits per heavy atom. The number of hydrogen-bond acceptors (Lipinski definition) is 1. The van der Waals surface area contributed by atoms with Crippen molar-refractivity contribution >= 4 is 23.2 Å². The van der Waals surface area contributed by atoms with Gasteiger partial charge in [-0.05, 0) is 30.2 Å². The van der Waals surface area contributed by atoms with Gasteiger partial charge in [0.25, 0.3) is 0 Å². The number of benzene rings is 1. The molecule has 0 saturated carbocycles. The molecule has 2 aromatic rings. The highest BCUT2D eigenvalue weighted by Gasteiger charge is 2.06. The number of rotatable bonds is 2. The monoisotopic (exact) mass is 254 g/mol. The van der Waals surface area contributed by atoms with Crippen LogP contribution in [0.5, 0.6) is 0 Å². The van der Waals surface area contributed by atoms with E-state index in [0.29, 0.717) is 16.0 Å². The summed E-state index contributed by atoms with van der Waals surface area (Å²) < 4.78 is 1.80. The van der Waals surface area contributed by atoms with Gasteiger partial charge in [-0.2, -0.15) is 5.10 Å². The van der Waals surface area contributed by atoms with E-state index in [-0.39, 0.29) is 0 Å². The minimum atomic E-state index is 0.420. The predicted molar refractivity (Wildman–Crippen MR) is 67.7 cm³/mol. The van der Waals surface area contributed by atoms with E-state index in [1.165, 1.54) is 0 Å². The smallest absolute Gasteiger partial charge is 0.0661 e. The molecule has 0 amide bonds. The Bertz CT molecular complexity index is 503. The van der Waals surface area contributed by atoms with Crippen LogP contribution in [0.3, 0.4) is 0 Å². The van der Waals surface area contributed by atoms with Crippen LogP contribution in [0, 0.1) is 0 Å². The van der Waals surface area contributed by atoms with Crippen LogP contribution in [0.15, 0.2) is 30.5 Å². The molecule has 1 aromatic carbocycles. The normalized spacial score (nSPS) is 11.1.